The van der Waals surface area contributed by atoms with Gasteiger partial charge in [0.05, 0.1) is 18.9 Å². The highest BCUT2D eigenvalue weighted by atomic mass is 16.5. The van der Waals surface area contributed by atoms with Crippen LogP contribution in [0.5, 0.6) is 0 Å². The van der Waals surface area contributed by atoms with Crippen molar-refractivity contribution in [2.24, 2.45) is 5.92 Å². The Morgan fingerprint density at radius 1 is 1.37 bits per heavy atom. The number of ether oxygens (including phenoxy) is 1. The van der Waals surface area contributed by atoms with E-state index < -0.39 is 5.97 Å². The molecule has 3 heteroatoms. The second kappa shape index (κ2) is 5.80. The maximum Gasteiger partial charge on any atom is 0.335 e. The molecular formula is C16H12O3. The minimum atomic E-state index is -0.939. The Kier molecular flexibility index (Phi) is 3.90. The zero-order chi connectivity index (χ0) is 13.7. The first kappa shape index (κ1) is 12.8. The molecule has 0 radical (unpaired) electrons. The topological polar surface area (TPSA) is 46.5 Å². The minimum Gasteiger partial charge on any atom is -0.504 e. The molecule has 0 heterocycles. The van der Waals surface area contributed by atoms with E-state index in [9.17, 15) is 4.79 Å². The van der Waals surface area contributed by atoms with Crippen LogP contribution in [0, 0.1) is 29.6 Å². The van der Waals surface area contributed by atoms with Crippen LogP contribution in [-0.4, -0.2) is 18.2 Å². The number of aromatic carboxylic acids is 1. The second-order valence-electron chi connectivity index (χ2n) is 4.09. The van der Waals surface area contributed by atoms with Crippen molar-refractivity contribution in [1.82, 2.24) is 0 Å². The lowest BCUT2D eigenvalue weighted by molar-refractivity contribution is 0.0697. The van der Waals surface area contributed by atoms with E-state index in [1.807, 2.05) is 0 Å². The van der Waals surface area contributed by atoms with E-state index in [0.717, 1.165) is 12.0 Å². The van der Waals surface area contributed by atoms with Crippen LogP contribution in [0.4, 0.5) is 0 Å². The lowest BCUT2D eigenvalue weighted by atomic mass is 10.1. The van der Waals surface area contributed by atoms with E-state index in [-0.39, 0.29) is 11.5 Å². The van der Waals surface area contributed by atoms with Crippen molar-refractivity contribution in [2.75, 3.05) is 7.11 Å². The number of carboxylic acids is 1. The van der Waals surface area contributed by atoms with Crippen LogP contribution >= 0.6 is 0 Å². The van der Waals surface area contributed by atoms with Crippen LogP contribution in [0.1, 0.15) is 22.3 Å². The van der Waals surface area contributed by atoms with Crippen LogP contribution in [0.2, 0.25) is 0 Å². The number of carboxylic acid groups (broad SMARTS) is 1. The Labute approximate surface area is 111 Å². The average Bonchev–Trinajstić information content (AvgIpc) is 3.14. The Morgan fingerprint density at radius 2 is 2.11 bits per heavy atom. The fourth-order valence-electron chi connectivity index (χ4n) is 1.52. The third-order valence-electron chi connectivity index (χ3n) is 2.64. The molecule has 1 atom stereocenters. The number of methoxy groups -OCH3 is 1. The zero-order valence-electron chi connectivity index (χ0n) is 10.4. The lowest BCUT2D eigenvalue weighted by Gasteiger charge is -1.92. The monoisotopic (exact) mass is 252 g/mol. The van der Waals surface area contributed by atoms with Gasteiger partial charge in [-0.2, -0.15) is 0 Å². The van der Waals surface area contributed by atoms with Crippen molar-refractivity contribution in [3.8, 4) is 23.7 Å². The molecule has 1 aromatic rings. The summed E-state index contributed by atoms with van der Waals surface area (Å²) in [6.07, 6.45) is 2.67. The Balaban J connectivity index is 1.96. The molecule has 0 bridgehead atoms. The molecule has 0 aromatic heterocycles. The van der Waals surface area contributed by atoms with Gasteiger partial charge >= 0.3 is 5.97 Å². The average molecular weight is 252 g/mol. The summed E-state index contributed by atoms with van der Waals surface area (Å²) in [5.74, 6) is 10.8. The van der Waals surface area contributed by atoms with Crippen LogP contribution < -0.4 is 0 Å². The van der Waals surface area contributed by atoms with Gasteiger partial charge in [-0.1, -0.05) is 11.8 Å². The molecule has 0 amide bonds. The molecule has 0 aliphatic heterocycles. The third-order valence-corrected chi connectivity index (χ3v) is 2.64. The summed E-state index contributed by atoms with van der Waals surface area (Å²) in [6, 6.07) is 6.40. The van der Waals surface area contributed by atoms with Crippen molar-refractivity contribution >= 4 is 5.97 Å². The maximum absolute atomic E-state index is 10.7. The molecule has 0 saturated heterocycles. The molecule has 94 valence electrons. The molecular weight excluding hydrogens is 240 g/mol. The fraction of sp³-hybridized carbons (Fsp3) is 0.188. The molecule has 3 nitrogen and oxygen atoms in total. The van der Waals surface area contributed by atoms with Crippen molar-refractivity contribution in [3.05, 3.63) is 47.2 Å². The number of benzene rings is 1. The van der Waals surface area contributed by atoms with Gasteiger partial charge in [-0.3, -0.25) is 0 Å². The van der Waals surface area contributed by atoms with Gasteiger partial charge in [-0.05, 0) is 48.1 Å². The van der Waals surface area contributed by atoms with Gasteiger partial charge in [0.2, 0.25) is 0 Å². The third kappa shape index (κ3) is 3.66. The first-order valence-electron chi connectivity index (χ1n) is 5.77. The number of carbonyl (C=O) groups is 1. The van der Waals surface area contributed by atoms with Crippen molar-refractivity contribution in [2.45, 2.75) is 6.42 Å². The highest BCUT2D eigenvalue weighted by Crippen LogP contribution is 2.36. The molecule has 1 saturated carbocycles. The van der Waals surface area contributed by atoms with Gasteiger partial charge in [0.15, 0.2) is 0 Å². The first-order chi connectivity index (χ1) is 9.20. The van der Waals surface area contributed by atoms with Gasteiger partial charge in [0.25, 0.3) is 0 Å². The van der Waals surface area contributed by atoms with Crippen molar-refractivity contribution < 1.29 is 14.6 Å². The zero-order valence-corrected chi connectivity index (χ0v) is 10.4. The number of hydrogen-bond acceptors (Lipinski definition) is 2. The largest absolute Gasteiger partial charge is 0.504 e. The molecule has 1 aliphatic carbocycles. The van der Waals surface area contributed by atoms with Gasteiger partial charge in [0.1, 0.15) is 0 Å². The summed E-state index contributed by atoms with van der Waals surface area (Å²) in [7, 11) is 1.62. The summed E-state index contributed by atoms with van der Waals surface area (Å²) in [5.41, 5.74) is 2.20. The standard InChI is InChI=1S/C16H12O3/c1-19-11-15-10-14(15)5-3-2-4-12-6-8-13(9-7-12)16(17)18/h6-9,11,14H,10H2,1H3,(H,17,18)/t14-/m0/s1. The van der Waals surface area contributed by atoms with E-state index in [1.54, 1.807) is 25.5 Å². The van der Waals surface area contributed by atoms with E-state index in [4.69, 9.17) is 9.84 Å². The summed E-state index contributed by atoms with van der Waals surface area (Å²) in [6.45, 7) is 0. The molecule has 1 N–H and O–H groups in total. The maximum atomic E-state index is 10.7. The predicted molar refractivity (Wildman–Crippen MR) is 71.3 cm³/mol. The van der Waals surface area contributed by atoms with Crippen LogP contribution in [0.15, 0.2) is 36.1 Å². The predicted octanol–water partition coefficient (Wildman–Crippen LogP) is 2.29. The molecule has 1 fully saturated rings. The second-order valence-corrected chi connectivity index (χ2v) is 4.09. The normalized spacial score (nSPS) is 17.7. The summed E-state index contributed by atoms with van der Waals surface area (Å²) in [5, 5.41) is 8.75. The molecule has 1 aromatic carbocycles. The molecule has 2 rings (SSSR count). The van der Waals surface area contributed by atoms with E-state index in [0.29, 0.717) is 0 Å². The van der Waals surface area contributed by atoms with Crippen LogP contribution in [-0.2, 0) is 4.74 Å². The number of rotatable bonds is 2. The van der Waals surface area contributed by atoms with Crippen LogP contribution in [0.3, 0.4) is 0 Å². The van der Waals surface area contributed by atoms with Gasteiger partial charge in [-0.15, -0.1) is 0 Å². The number of allylic oxidation sites excluding steroid dienone is 1. The van der Waals surface area contributed by atoms with Crippen molar-refractivity contribution in [3.63, 3.8) is 0 Å². The molecule has 0 unspecified atom stereocenters. The fourth-order valence-corrected chi connectivity index (χ4v) is 1.52. The van der Waals surface area contributed by atoms with Crippen molar-refractivity contribution in [1.29, 1.82) is 0 Å². The smallest absolute Gasteiger partial charge is 0.335 e. The summed E-state index contributed by atoms with van der Waals surface area (Å²) < 4.78 is 4.89. The Hall–Kier alpha value is -2.65. The minimum absolute atomic E-state index is 0.254. The molecule has 0 spiro atoms. The van der Waals surface area contributed by atoms with E-state index in [2.05, 4.69) is 23.7 Å². The quantitative estimate of drug-likeness (QED) is 0.649. The lowest BCUT2D eigenvalue weighted by Crippen LogP contribution is -1.94. The molecule has 1 aliphatic rings. The van der Waals surface area contributed by atoms with Gasteiger partial charge in [-0.25, -0.2) is 4.79 Å². The highest BCUT2D eigenvalue weighted by Gasteiger charge is 2.27. The molecule has 19 heavy (non-hydrogen) atoms. The SMILES string of the molecule is COC=C1C[C@@H]1C#CC#Cc1ccc(C(=O)O)cc1. The van der Waals surface area contributed by atoms with E-state index in [1.165, 1.54) is 17.7 Å². The van der Waals surface area contributed by atoms with E-state index >= 15 is 0 Å². The highest BCUT2D eigenvalue weighted by molar-refractivity contribution is 5.87. The van der Waals surface area contributed by atoms with Gasteiger partial charge < -0.3 is 9.84 Å². The summed E-state index contributed by atoms with van der Waals surface area (Å²) in [4.78, 5) is 10.7. The summed E-state index contributed by atoms with van der Waals surface area (Å²) >= 11 is 0. The first-order valence-corrected chi connectivity index (χ1v) is 5.77. The Bertz CT molecular complexity index is 631. The number of hydrogen-bond donors (Lipinski definition) is 1. The van der Waals surface area contributed by atoms with Gasteiger partial charge in [0, 0.05) is 11.5 Å². The Morgan fingerprint density at radius 3 is 2.74 bits per heavy atom. The van der Waals surface area contributed by atoms with Crippen LogP contribution in [0.25, 0.3) is 0 Å².